The van der Waals surface area contributed by atoms with Crippen LogP contribution in [0.4, 0.5) is 32.2 Å². The first-order valence-corrected chi connectivity index (χ1v) is 10.3. The van der Waals surface area contributed by atoms with Crippen molar-refractivity contribution in [3.8, 4) is 0 Å². The number of carbonyl (C=O) groups excluding carboxylic acids is 2. The van der Waals surface area contributed by atoms with Gasteiger partial charge in [0.05, 0.1) is 16.8 Å². The molecule has 188 valence electrons. The van der Waals surface area contributed by atoms with E-state index in [0.29, 0.717) is 23.6 Å². The van der Waals surface area contributed by atoms with E-state index >= 15 is 0 Å². The third-order valence-electron chi connectivity index (χ3n) is 4.95. The van der Waals surface area contributed by atoms with Crippen molar-refractivity contribution in [3.63, 3.8) is 0 Å². The molecule has 12 heteroatoms. The number of aromatic nitrogens is 2. The lowest BCUT2D eigenvalue weighted by Crippen LogP contribution is -2.42. The van der Waals surface area contributed by atoms with Gasteiger partial charge in [0, 0.05) is 30.1 Å². The number of carbonyl (C=O) groups is 2. The molecule has 0 aliphatic rings. The molecule has 0 atom stereocenters. The minimum absolute atomic E-state index is 0.0571. The van der Waals surface area contributed by atoms with Crippen molar-refractivity contribution in [2.75, 3.05) is 11.9 Å². The van der Waals surface area contributed by atoms with Gasteiger partial charge >= 0.3 is 12.4 Å². The highest BCUT2D eigenvalue weighted by molar-refractivity contribution is 5.99. The molecule has 0 saturated heterocycles. The van der Waals surface area contributed by atoms with Gasteiger partial charge in [0.2, 0.25) is 5.91 Å². The number of aryl methyl sites for hydroxylation is 1. The third kappa shape index (κ3) is 6.51. The average Bonchev–Trinajstić information content (AvgIpc) is 3.04. The van der Waals surface area contributed by atoms with Crippen LogP contribution in [0.15, 0.2) is 24.3 Å². The minimum atomic E-state index is -5.10. The predicted molar refractivity (Wildman–Crippen MR) is 113 cm³/mol. The molecule has 1 heterocycles. The largest absolute Gasteiger partial charge is 0.416 e. The maximum atomic E-state index is 13.2. The molecular formula is C22H26F6N4O2. The summed E-state index contributed by atoms with van der Waals surface area (Å²) in [7, 11) is 1.59. The van der Waals surface area contributed by atoms with Crippen LogP contribution in [0, 0.1) is 0 Å². The SMILES string of the molecule is CC(C)N(CC(=O)Nc1cc(C(C)(C)C)nn1C)C(=O)c1cc(C(F)(F)F)cc(C(F)(F)F)c1. The quantitative estimate of drug-likeness (QED) is 0.581. The second-order valence-electron chi connectivity index (χ2n) is 9.16. The van der Waals surface area contributed by atoms with Gasteiger partial charge in [-0.15, -0.1) is 0 Å². The lowest BCUT2D eigenvalue weighted by Gasteiger charge is -2.27. The Kier molecular flexibility index (Phi) is 7.44. The van der Waals surface area contributed by atoms with Crippen LogP contribution in [0.25, 0.3) is 0 Å². The normalized spacial score (nSPS) is 12.7. The summed E-state index contributed by atoms with van der Waals surface area (Å²) in [4.78, 5) is 26.4. The van der Waals surface area contributed by atoms with Crippen molar-refractivity contribution < 1.29 is 35.9 Å². The summed E-state index contributed by atoms with van der Waals surface area (Å²) in [6, 6.07) is 1.59. The summed E-state index contributed by atoms with van der Waals surface area (Å²) < 4.78 is 80.4. The van der Waals surface area contributed by atoms with E-state index in [1.165, 1.54) is 18.5 Å². The summed E-state index contributed by atoms with van der Waals surface area (Å²) in [5.74, 6) is -1.50. The summed E-state index contributed by atoms with van der Waals surface area (Å²) in [6.45, 7) is 8.15. The summed E-state index contributed by atoms with van der Waals surface area (Å²) in [5, 5.41) is 6.88. The van der Waals surface area contributed by atoms with Gasteiger partial charge in [-0.1, -0.05) is 20.8 Å². The maximum absolute atomic E-state index is 13.2. The molecule has 1 aromatic heterocycles. The first kappa shape index (κ1) is 27.2. The van der Waals surface area contributed by atoms with Gasteiger partial charge in [-0.2, -0.15) is 31.4 Å². The Bertz CT molecular complexity index is 1030. The number of benzene rings is 1. The molecule has 34 heavy (non-hydrogen) atoms. The van der Waals surface area contributed by atoms with E-state index in [4.69, 9.17) is 0 Å². The molecule has 1 N–H and O–H groups in total. The van der Waals surface area contributed by atoms with Gasteiger partial charge < -0.3 is 10.2 Å². The van der Waals surface area contributed by atoms with Crippen LogP contribution < -0.4 is 5.32 Å². The summed E-state index contributed by atoms with van der Waals surface area (Å²) >= 11 is 0. The molecule has 0 bridgehead atoms. The van der Waals surface area contributed by atoms with Gasteiger partial charge in [0.25, 0.3) is 5.91 Å². The van der Waals surface area contributed by atoms with E-state index in [0.717, 1.165) is 4.90 Å². The Morgan fingerprint density at radius 3 is 1.85 bits per heavy atom. The molecular weight excluding hydrogens is 466 g/mol. The Morgan fingerprint density at radius 2 is 1.47 bits per heavy atom. The highest BCUT2D eigenvalue weighted by atomic mass is 19.4. The minimum Gasteiger partial charge on any atom is -0.327 e. The third-order valence-corrected chi connectivity index (χ3v) is 4.95. The standard InChI is InChI=1S/C22H26F6N4O2/c1-12(2)32(11-18(33)29-17-10-16(20(3,4)5)30-31(17)6)19(34)13-7-14(21(23,24)25)9-15(8-13)22(26,27)28/h7-10,12H,11H2,1-6H3,(H,29,33). The molecule has 0 radical (unpaired) electrons. The Balaban J connectivity index is 2.34. The number of hydrogen-bond acceptors (Lipinski definition) is 3. The number of amides is 2. The van der Waals surface area contributed by atoms with Crippen molar-refractivity contribution in [1.82, 2.24) is 14.7 Å². The lowest BCUT2D eigenvalue weighted by molar-refractivity contribution is -0.143. The first-order chi connectivity index (χ1) is 15.3. The van der Waals surface area contributed by atoms with Crippen LogP contribution in [0.2, 0.25) is 0 Å². The van der Waals surface area contributed by atoms with Crippen molar-refractivity contribution in [1.29, 1.82) is 0 Å². The molecule has 0 aliphatic heterocycles. The van der Waals surface area contributed by atoms with Gasteiger partial charge in [0.1, 0.15) is 12.4 Å². The highest BCUT2D eigenvalue weighted by Crippen LogP contribution is 2.36. The summed E-state index contributed by atoms with van der Waals surface area (Å²) in [6.07, 6.45) is -10.2. The highest BCUT2D eigenvalue weighted by Gasteiger charge is 2.38. The monoisotopic (exact) mass is 492 g/mol. The average molecular weight is 492 g/mol. The molecule has 2 aromatic rings. The fourth-order valence-electron chi connectivity index (χ4n) is 3.02. The molecule has 0 spiro atoms. The maximum Gasteiger partial charge on any atom is 0.416 e. The molecule has 0 saturated carbocycles. The van der Waals surface area contributed by atoms with Crippen molar-refractivity contribution in [2.45, 2.75) is 58.4 Å². The fraction of sp³-hybridized carbons (Fsp3) is 0.500. The van der Waals surface area contributed by atoms with E-state index in [1.54, 1.807) is 13.1 Å². The molecule has 0 aliphatic carbocycles. The van der Waals surface area contributed by atoms with Gasteiger partial charge in [0.15, 0.2) is 0 Å². The summed E-state index contributed by atoms with van der Waals surface area (Å²) in [5.41, 5.74) is -3.66. The number of nitrogens with zero attached hydrogens (tertiary/aromatic N) is 3. The molecule has 1 aromatic carbocycles. The van der Waals surface area contributed by atoms with E-state index in [9.17, 15) is 35.9 Å². The van der Waals surface area contributed by atoms with Crippen LogP contribution in [-0.2, 0) is 29.6 Å². The topological polar surface area (TPSA) is 67.2 Å². The van der Waals surface area contributed by atoms with Crippen LogP contribution in [0.5, 0.6) is 0 Å². The van der Waals surface area contributed by atoms with E-state index in [2.05, 4.69) is 10.4 Å². The van der Waals surface area contributed by atoms with Gasteiger partial charge in [-0.3, -0.25) is 14.3 Å². The van der Waals surface area contributed by atoms with Crippen LogP contribution >= 0.6 is 0 Å². The fourth-order valence-corrected chi connectivity index (χ4v) is 3.02. The number of hydrogen-bond donors (Lipinski definition) is 1. The second kappa shape index (κ2) is 9.30. The first-order valence-electron chi connectivity index (χ1n) is 10.3. The number of nitrogens with one attached hydrogen (secondary N) is 1. The second-order valence-corrected chi connectivity index (χ2v) is 9.16. The zero-order chi connectivity index (χ0) is 26.2. The molecule has 0 unspecified atom stereocenters. The number of alkyl halides is 6. The Hall–Kier alpha value is -3.05. The van der Waals surface area contributed by atoms with Crippen molar-refractivity contribution in [3.05, 3.63) is 46.6 Å². The Morgan fingerprint density at radius 1 is 0.971 bits per heavy atom. The van der Waals surface area contributed by atoms with Crippen LogP contribution in [0.3, 0.4) is 0 Å². The molecule has 2 amide bonds. The van der Waals surface area contributed by atoms with E-state index in [-0.39, 0.29) is 11.5 Å². The Labute approximate surface area is 192 Å². The van der Waals surface area contributed by atoms with E-state index in [1.807, 2.05) is 20.8 Å². The van der Waals surface area contributed by atoms with E-state index < -0.39 is 53.4 Å². The number of halogens is 6. The number of rotatable bonds is 5. The molecule has 0 fully saturated rings. The van der Waals surface area contributed by atoms with Crippen LogP contribution in [0.1, 0.15) is 61.8 Å². The smallest absolute Gasteiger partial charge is 0.327 e. The predicted octanol–water partition coefficient (Wildman–Crippen LogP) is 5.24. The number of anilines is 1. The molecule has 6 nitrogen and oxygen atoms in total. The zero-order valence-corrected chi connectivity index (χ0v) is 19.5. The van der Waals surface area contributed by atoms with Gasteiger partial charge in [-0.25, -0.2) is 0 Å². The molecule has 2 rings (SSSR count). The van der Waals surface area contributed by atoms with Crippen LogP contribution in [-0.4, -0.2) is 39.1 Å². The van der Waals surface area contributed by atoms with Crippen molar-refractivity contribution >= 4 is 17.6 Å². The zero-order valence-electron chi connectivity index (χ0n) is 19.5. The lowest BCUT2D eigenvalue weighted by atomic mass is 9.92. The van der Waals surface area contributed by atoms with Gasteiger partial charge in [-0.05, 0) is 32.0 Å². The van der Waals surface area contributed by atoms with Crippen molar-refractivity contribution in [2.24, 2.45) is 7.05 Å².